The Morgan fingerprint density at radius 2 is 1.86 bits per heavy atom. The van der Waals surface area contributed by atoms with Gasteiger partial charge < -0.3 is 20.5 Å². The number of carbonyl (C=O) groups is 2. The Bertz CT molecular complexity index is 828. The average molecular weight is 503 g/mol. The molecule has 36 heavy (non-hydrogen) atoms. The zero-order valence-electron chi connectivity index (χ0n) is 23.1. The van der Waals surface area contributed by atoms with Gasteiger partial charge in [-0.2, -0.15) is 0 Å². The van der Waals surface area contributed by atoms with Crippen LogP contribution in [0, 0.1) is 40.4 Å². The summed E-state index contributed by atoms with van der Waals surface area (Å²) in [7, 11) is 1.64. The van der Waals surface area contributed by atoms with Gasteiger partial charge in [0.2, 0.25) is 11.8 Å². The standard InChI is InChI=1S/C30H50N2O4/c1-20(28(35)32-17-6-16-31-27(34)7-5-18-36-4)24-10-11-25-23-9-8-21-19-22(33)12-14-29(21,2)26(23)13-15-30(24,25)3/h8,20,22-26,33H,5-7,9-19H2,1-4H3,(H,31,34)(H,32,35)/t20?,22-,23?,24?,25?,26?,29-,30+/m0/s1. The highest BCUT2D eigenvalue weighted by atomic mass is 16.5. The van der Waals surface area contributed by atoms with Crippen LogP contribution in [0.3, 0.4) is 0 Å². The molecule has 0 heterocycles. The minimum Gasteiger partial charge on any atom is -0.393 e. The number of rotatable bonds is 10. The van der Waals surface area contributed by atoms with Crippen LogP contribution in [0.15, 0.2) is 11.6 Å². The van der Waals surface area contributed by atoms with E-state index in [9.17, 15) is 14.7 Å². The molecule has 4 aliphatic carbocycles. The topological polar surface area (TPSA) is 87.7 Å². The number of aliphatic hydroxyl groups is 1. The molecule has 8 atom stereocenters. The molecule has 0 saturated heterocycles. The van der Waals surface area contributed by atoms with Crippen molar-refractivity contribution in [3.63, 3.8) is 0 Å². The molecule has 0 spiro atoms. The first-order chi connectivity index (χ1) is 17.2. The van der Waals surface area contributed by atoms with Crippen LogP contribution in [-0.2, 0) is 14.3 Å². The average Bonchev–Trinajstić information content (AvgIpc) is 3.21. The monoisotopic (exact) mass is 502 g/mol. The van der Waals surface area contributed by atoms with Crippen LogP contribution in [0.25, 0.3) is 0 Å². The fourth-order valence-electron chi connectivity index (χ4n) is 8.84. The number of carbonyl (C=O) groups excluding carboxylic acids is 2. The van der Waals surface area contributed by atoms with Crippen molar-refractivity contribution in [2.24, 2.45) is 40.4 Å². The van der Waals surface area contributed by atoms with Crippen LogP contribution < -0.4 is 10.6 Å². The Kier molecular flexibility index (Phi) is 8.87. The lowest BCUT2D eigenvalue weighted by molar-refractivity contribution is -0.129. The van der Waals surface area contributed by atoms with Crippen molar-refractivity contribution in [1.29, 1.82) is 0 Å². The first-order valence-electron chi connectivity index (χ1n) is 14.6. The molecule has 3 saturated carbocycles. The molecule has 0 aromatic rings. The lowest BCUT2D eigenvalue weighted by Crippen LogP contribution is -2.51. The SMILES string of the molecule is COCCCC(=O)NCCCNC(=O)C(C)C1CCC2C3CC=C4C[C@@H](O)CC[C@]4(C)C3CC[C@]12C. The van der Waals surface area contributed by atoms with E-state index in [4.69, 9.17) is 4.74 Å². The number of hydrogen-bond acceptors (Lipinski definition) is 4. The molecule has 0 aromatic carbocycles. The Morgan fingerprint density at radius 3 is 2.64 bits per heavy atom. The number of allylic oxidation sites excluding steroid dienone is 1. The second-order valence-electron chi connectivity index (χ2n) is 12.8. The molecule has 6 nitrogen and oxygen atoms in total. The third-order valence-electron chi connectivity index (χ3n) is 10.9. The van der Waals surface area contributed by atoms with Crippen LogP contribution in [0.1, 0.15) is 91.4 Å². The van der Waals surface area contributed by atoms with E-state index in [2.05, 4.69) is 37.5 Å². The van der Waals surface area contributed by atoms with Crippen LogP contribution in [0.5, 0.6) is 0 Å². The van der Waals surface area contributed by atoms with Crippen molar-refractivity contribution >= 4 is 11.8 Å². The van der Waals surface area contributed by atoms with E-state index in [0.717, 1.165) is 56.8 Å². The molecule has 6 heteroatoms. The van der Waals surface area contributed by atoms with Gasteiger partial charge in [-0.25, -0.2) is 0 Å². The Hall–Kier alpha value is -1.40. The molecule has 0 radical (unpaired) electrons. The van der Waals surface area contributed by atoms with Gasteiger partial charge in [0.15, 0.2) is 0 Å². The molecule has 0 bridgehead atoms. The molecular formula is C30H50N2O4. The minimum atomic E-state index is -0.151. The Morgan fingerprint density at radius 1 is 1.08 bits per heavy atom. The highest BCUT2D eigenvalue weighted by molar-refractivity contribution is 5.78. The van der Waals surface area contributed by atoms with Gasteiger partial charge >= 0.3 is 0 Å². The molecule has 4 aliphatic rings. The number of aliphatic hydroxyl groups excluding tert-OH is 1. The molecule has 204 valence electrons. The summed E-state index contributed by atoms with van der Waals surface area (Å²) in [5, 5.41) is 16.3. The Labute approximate surface area is 218 Å². The highest BCUT2D eigenvalue weighted by Crippen LogP contribution is 2.67. The molecular weight excluding hydrogens is 452 g/mol. The number of fused-ring (bicyclic) bond motifs is 5. The first kappa shape index (κ1) is 27.6. The number of amides is 2. The van der Waals surface area contributed by atoms with Gasteiger partial charge in [-0.1, -0.05) is 32.4 Å². The summed E-state index contributed by atoms with van der Waals surface area (Å²) < 4.78 is 4.98. The van der Waals surface area contributed by atoms with Crippen molar-refractivity contribution in [2.75, 3.05) is 26.8 Å². The zero-order chi connectivity index (χ0) is 25.9. The second-order valence-corrected chi connectivity index (χ2v) is 12.8. The van der Waals surface area contributed by atoms with Crippen molar-refractivity contribution in [3.05, 3.63) is 11.6 Å². The molecule has 0 aromatic heterocycles. The molecule has 3 N–H and O–H groups in total. The first-order valence-corrected chi connectivity index (χ1v) is 14.6. The smallest absolute Gasteiger partial charge is 0.223 e. The lowest BCUT2D eigenvalue weighted by atomic mass is 9.47. The fraction of sp³-hybridized carbons (Fsp3) is 0.867. The predicted octanol–water partition coefficient (Wildman–Crippen LogP) is 4.61. The van der Waals surface area contributed by atoms with Crippen LogP contribution in [0.4, 0.5) is 0 Å². The summed E-state index contributed by atoms with van der Waals surface area (Å²) >= 11 is 0. The van der Waals surface area contributed by atoms with Gasteiger partial charge in [0.1, 0.15) is 0 Å². The van der Waals surface area contributed by atoms with E-state index in [1.54, 1.807) is 7.11 Å². The van der Waals surface area contributed by atoms with E-state index in [-0.39, 0.29) is 34.7 Å². The van der Waals surface area contributed by atoms with Gasteiger partial charge in [-0.3, -0.25) is 9.59 Å². The summed E-state index contributed by atoms with van der Waals surface area (Å²) in [6, 6.07) is 0. The van der Waals surface area contributed by atoms with E-state index in [1.165, 1.54) is 24.8 Å². The number of methoxy groups -OCH3 is 1. The van der Waals surface area contributed by atoms with E-state index in [1.807, 2.05) is 0 Å². The van der Waals surface area contributed by atoms with Crippen molar-refractivity contribution in [1.82, 2.24) is 10.6 Å². The van der Waals surface area contributed by atoms with Crippen molar-refractivity contribution in [3.8, 4) is 0 Å². The number of ether oxygens (including phenoxy) is 1. The van der Waals surface area contributed by atoms with Crippen molar-refractivity contribution in [2.45, 2.75) is 97.5 Å². The van der Waals surface area contributed by atoms with Crippen LogP contribution in [-0.4, -0.2) is 49.8 Å². The van der Waals surface area contributed by atoms with Gasteiger partial charge in [0.25, 0.3) is 0 Å². The molecule has 3 fully saturated rings. The number of hydrogen-bond donors (Lipinski definition) is 3. The third kappa shape index (κ3) is 5.41. The summed E-state index contributed by atoms with van der Waals surface area (Å²) in [6.45, 7) is 8.91. The third-order valence-corrected chi connectivity index (χ3v) is 10.9. The summed E-state index contributed by atoms with van der Waals surface area (Å²) in [5.74, 6) is 2.85. The fourth-order valence-corrected chi connectivity index (χ4v) is 8.84. The van der Waals surface area contributed by atoms with Crippen LogP contribution >= 0.6 is 0 Å². The van der Waals surface area contributed by atoms with Gasteiger partial charge in [-0.15, -0.1) is 0 Å². The van der Waals surface area contributed by atoms with E-state index >= 15 is 0 Å². The second kappa shape index (κ2) is 11.6. The lowest BCUT2D eigenvalue weighted by Gasteiger charge is -2.58. The predicted molar refractivity (Wildman–Crippen MR) is 142 cm³/mol. The normalized spacial score (nSPS) is 38.2. The maximum atomic E-state index is 13.1. The van der Waals surface area contributed by atoms with Crippen LogP contribution in [0.2, 0.25) is 0 Å². The summed E-state index contributed by atoms with van der Waals surface area (Å²) in [6.07, 6.45) is 13.3. The van der Waals surface area contributed by atoms with Gasteiger partial charge in [0, 0.05) is 39.1 Å². The zero-order valence-corrected chi connectivity index (χ0v) is 23.1. The summed E-state index contributed by atoms with van der Waals surface area (Å²) in [5.41, 5.74) is 2.04. The maximum absolute atomic E-state index is 13.1. The van der Waals surface area contributed by atoms with Gasteiger partial charge in [-0.05, 0) is 98.7 Å². The summed E-state index contributed by atoms with van der Waals surface area (Å²) in [4.78, 5) is 24.9. The number of nitrogens with one attached hydrogen (secondary N) is 2. The largest absolute Gasteiger partial charge is 0.393 e. The molecule has 0 aliphatic heterocycles. The van der Waals surface area contributed by atoms with Gasteiger partial charge in [0.05, 0.1) is 6.10 Å². The molecule has 4 rings (SSSR count). The van der Waals surface area contributed by atoms with Crippen molar-refractivity contribution < 1.29 is 19.4 Å². The maximum Gasteiger partial charge on any atom is 0.223 e. The quantitative estimate of drug-likeness (QED) is 0.301. The molecule has 5 unspecified atom stereocenters. The minimum absolute atomic E-state index is 0.0234. The molecule has 2 amide bonds. The highest BCUT2D eigenvalue weighted by Gasteiger charge is 2.59. The Balaban J connectivity index is 1.28. The van der Waals surface area contributed by atoms with E-state index in [0.29, 0.717) is 38.0 Å². The van der Waals surface area contributed by atoms with E-state index < -0.39 is 0 Å².